The molecule has 2 aromatic rings. The molecule has 0 radical (unpaired) electrons. The fourth-order valence-corrected chi connectivity index (χ4v) is 4.08. The molecule has 1 aromatic heterocycles. The Hall–Kier alpha value is -1.15. The van der Waals surface area contributed by atoms with Gasteiger partial charge in [-0.3, -0.25) is 0 Å². The summed E-state index contributed by atoms with van der Waals surface area (Å²) in [6.45, 7) is 3.50. The van der Waals surface area contributed by atoms with E-state index >= 15 is 0 Å². The Balaban J connectivity index is 2.34. The van der Waals surface area contributed by atoms with Crippen LogP contribution >= 0.6 is 22.9 Å². The maximum Gasteiger partial charge on any atom is 0.241 e. The van der Waals surface area contributed by atoms with E-state index in [4.69, 9.17) is 17.3 Å². The van der Waals surface area contributed by atoms with Crippen molar-refractivity contribution in [3.8, 4) is 0 Å². The molecule has 0 atom stereocenters. The van der Waals surface area contributed by atoms with E-state index in [9.17, 15) is 8.42 Å². The van der Waals surface area contributed by atoms with Gasteiger partial charge in [0, 0.05) is 11.6 Å². The smallest absolute Gasteiger partial charge is 0.241 e. The molecule has 0 saturated heterocycles. The number of anilines is 1. The van der Waals surface area contributed by atoms with Crippen molar-refractivity contribution in [1.82, 2.24) is 9.71 Å². The van der Waals surface area contributed by atoms with Gasteiger partial charge in [-0.25, -0.2) is 13.4 Å². The van der Waals surface area contributed by atoms with Gasteiger partial charge in [0.2, 0.25) is 10.0 Å². The van der Waals surface area contributed by atoms with Gasteiger partial charge in [0.25, 0.3) is 0 Å². The van der Waals surface area contributed by atoms with Gasteiger partial charge in [-0.05, 0) is 32.0 Å². The van der Waals surface area contributed by atoms with Gasteiger partial charge in [-0.1, -0.05) is 11.6 Å². The summed E-state index contributed by atoms with van der Waals surface area (Å²) >= 11 is 7.25. The SMILES string of the molecule is CC(C)(NS(=O)(=O)c1ccc(N)c(Cl)c1)c1nccs1. The monoisotopic (exact) mass is 331 g/mol. The van der Waals surface area contributed by atoms with Crippen LogP contribution in [0.15, 0.2) is 34.7 Å². The summed E-state index contributed by atoms with van der Waals surface area (Å²) < 4.78 is 27.4. The number of halogens is 1. The normalized spacial score (nSPS) is 12.6. The molecule has 1 heterocycles. The minimum atomic E-state index is -3.71. The molecular weight excluding hydrogens is 318 g/mol. The average Bonchev–Trinajstić information content (AvgIpc) is 2.85. The molecule has 1 aromatic carbocycles. The van der Waals surface area contributed by atoms with Crippen LogP contribution in [0, 0.1) is 0 Å². The third-order valence-corrected chi connectivity index (χ3v) is 5.72. The minimum absolute atomic E-state index is 0.0707. The first-order valence-electron chi connectivity index (χ1n) is 5.71. The Morgan fingerprint density at radius 1 is 1.40 bits per heavy atom. The number of nitrogen functional groups attached to an aromatic ring is 1. The summed E-state index contributed by atoms with van der Waals surface area (Å²) in [6.07, 6.45) is 1.64. The van der Waals surface area contributed by atoms with Gasteiger partial charge in [0.05, 0.1) is 21.1 Å². The van der Waals surface area contributed by atoms with Gasteiger partial charge in [-0.2, -0.15) is 4.72 Å². The van der Waals surface area contributed by atoms with Crippen LogP contribution in [0.2, 0.25) is 5.02 Å². The van der Waals surface area contributed by atoms with Crippen molar-refractivity contribution >= 4 is 38.6 Å². The van der Waals surface area contributed by atoms with E-state index in [1.165, 1.54) is 29.5 Å². The van der Waals surface area contributed by atoms with Crippen LogP contribution in [0.5, 0.6) is 0 Å². The lowest BCUT2D eigenvalue weighted by Crippen LogP contribution is -2.40. The second-order valence-electron chi connectivity index (χ2n) is 4.75. The van der Waals surface area contributed by atoms with Crippen molar-refractivity contribution in [1.29, 1.82) is 0 Å². The fourth-order valence-electron chi connectivity index (χ4n) is 1.65. The minimum Gasteiger partial charge on any atom is -0.398 e. The summed E-state index contributed by atoms with van der Waals surface area (Å²) in [5.74, 6) is 0. The second kappa shape index (κ2) is 5.33. The van der Waals surface area contributed by atoms with Gasteiger partial charge in [-0.15, -0.1) is 11.3 Å². The maximum atomic E-state index is 12.4. The Morgan fingerprint density at radius 3 is 2.65 bits per heavy atom. The lowest BCUT2D eigenvalue weighted by Gasteiger charge is -2.23. The first-order chi connectivity index (χ1) is 9.22. The van der Waals surface area contributed by atoms with E-state index in [-0.39, 0.29) is 9.92 Å². The first-order valence-corrected chi connectivity index (χ1v) is 8.45. The van der Waals surface area contributed by atoms with Crippen LogP contribution in [0.4, 0.5) is 5.69 Å². The van der Waals surface area contributed by atoms with Crippen LogP contribution in [0.1, 0.15) is 18.9 Å². The zero-order chi connectivity index (χ0) is 15.0. The number of aromatic nitrogens is 1. The van der Waals surface area contributed by atoms with Crippen molar-refractivity contribution in [2.45, 2.75) is 24.3 Å². The average molecular weight is 332 g/mol. The molecule has 8 heteroatoms. The molecule has 0 saturated carbocycles. The van der Waals surface area contributed by atoms with Crippen LogP contribution in [-0.2, 0) is 15.6 Å². The van der Waals surface area contributed by atoms with E-state index in [1.54, 1.807) is 25.4 Å². The van der Waals surface area contributed by atoms with E-state index in [2.05, 4.69) is 9.71 Å². The number of sulfonamides is 1. The van der Waals surface area contributed by atoms with Crippen LogP contribution in [0.3, 0.4) is 0 Å². The summed E-state index contributed by atoms with van der Waals surface area (Å²) in [6, 6.07) is 4.21. The number of rotatable bonds is 4. The maximum absolute atomic E-state index is 12.4. The number of benzene rings is 1. The van der Waals surface area contributed by atoms with Gasteiger partial charge in [0.1, 0.15) is 5.01 Å². The van der Waals surface area contributed by atoms with Crippen molar-refractivity contribution in [2.75, 3.05) is 5.73 Å². The Kier molecular flexibility index (Phi) is 4.06. The highest BCUT2D eigenvalue weighted by Crippen LogP contribution is 2.27. The first kappa shape index (κ1) is 15.2. The van der Waals surface area contributed by atoms with E-state index < -0.39 is 15.6 Å². The number of nitrogens with one attached hydrogen (secondary N) is 1. The summed E-state index contributed by atoms with van der Waals surface area (Å²) in [5, 5.41) is 2.69. The zero-order valence-corrected chi connectivity index (χ0v) is 13.3. The van der Waals surface area contributed by atoms with Crippen LogP contribution in [0.25, 0.3) is 0 Å². The highest BCUT2D eigenvalue weighted by Gasteiger charge is 2.30. The highest BCUT2D eigenvalue weighted by molar-refractivity contribution is 7.89. The molecule has 0 fully saturated rings. The molecule has 108 valence electrons. The molecular formula is C12H14ClN3O2S2. The molecule has 2 rings (SSSR count). The fraction of sp³-hybridized carbons (Fsp3) is 0.250. The molecule has 0 unspecified atom stereocenters. The van der Waals surface area contributed by atoms with Gasteiger partial charge >= 0.3 is 0 Å². The quantitative estimate of drug-likeness (QED) is 0.843. The van der Waals surface area contributed by atoms with Crippen LogP contribution in [-0.4, -0.2) is 13.4 Å². The molecule has 0 spiro atoms. The molecule has 0 aliphatic heterocycles. The number of nitrogens with zero attached hydrogens (tertiary/aromatic N) is 1. The Labute approximate surface area is 126 Å². The standard InChI is InChI=1S/C12H14ClN3O2S2/c1-12(2,11-15-5-6-19-11)16-20(17,18)8-3-4-10(14)9(13)7-8/h3-7,16H,14H2,1-2H3. The zero-order valence-electron chi connectivity index (χ0n) is 10.9. The molecule has 0 bridgehead atoms. The third kappa shape index (κ3) is 3.12. The number of thiazole rings is 1. The van der Waals surface area contributed by atoms with E-state index in [1.807, 2.05) is 0 Å². The molecule has 5 nitrogen and oxygen atoms in total. The molecule has 3 N–H and O–H groups in total. The molecule has 0 amide bonds. The Bertz CT molecular complexity index is 712. The molecule has 20 heavy (non-hydrogen) atoms. The number of hydrogen-bond donors (Lipinski definition) is 2. The van der Waals surface area contributed by atoms with Gasteiger partial charge in [0.15, 0.2) is 0 Å². The summed E-state index contributed by atoms with van der Waals surface area (Å²) in [7, 11) is -3.71. The second-order valence-corrected chi connectivity index (χ2v) is 7.74. The van der Waals surface area contributed by atoms with Crippen molar-refractivity contribution in [2.24, 2.45) is 0 Å². The largest absolute Gasteiger partial charge is 0.398 e. The predicted molar refractivity (Wildman–Crippen MR) is 81.3 cm³/mol. The Morgan fingerprint density at radius 2 is 2.10 bits per heavy atom. The van der Waals surface area contributed by atoms with Crippen molar-refractivity contribution in [3.05, 3.63) is 39.8 Å². The lowest BCUT2D eigenvalue weighted by molar-refractivity contribution is 0.470. The topological polar surface area (TPSA) is 85.1 Å². The third-order valence-electron chi connectivity index (χ3n) is 2.64. The molecule has 0 aliphatic rings. The molecule has 0 aliphatic carbocycles. The van der Waals surface area contributed by atoms with Crippen molar-refractivity contribution in [3.63, 3.8) is 0 Å². The van der Waals surface area contributed by atoms with Crippen molar-refractivity contribution < 1.29 is 8.42 Å². The lowest BCUT2D eigenvalue weighted by atomic mass is 10.1. The van der Waals surface area contributed by atoms with E-state index in [0.717, 1.165) is 0 Å². The number of hydrogen-bond acceptors (Lipinski definition) is 5. The van der Waals surface area contributed by atoms with Gasteiger partial charge < -0.3 is 5.73 Å². The summed E-state index contributed by atoms with van der Waals surface area (Å²) in [5.41, 5.74) is 5.11. The van der Waals surface area contributed by atoms with E-state index in [0.29, 0.717) is 10.7 Å². The number of nitrogens with two attached hydrogens (primary N) is 1. The van der Waals surface area contributed by atoms with Crippen LogP contribution < -0.4 is 10.5 Å². The highest BCUT2D eigenvalue weighted by atomic mass is 35.5. The summed E-state index contributed by atoms with van der Waals surface area (Å²) in [4.78, 5) is 4.21. The predicted octanol–water partition coefficient (Wildman–Crippen LogP) is 2.59.